The molecule has 3 nitrogen and oxygen atoms in total. The van der Waals surface area contributed by atoms with E-state index in [1.807, 2.05) is 0 Å². The minimum atomic E-state index is -2.96. The van der Waals surface area contributed by atoms with Gasteiger partial charge < -0.3 is 14.7 Å². The maximum atomic E-state index is 11.4. The molecule has 0 spiro atoms. The fraction of sp³-hybridized carbons (Fsp3) is 0.647. The van der Waals surface area contributed by atoms with E-state index in [1.165, 1.54) is 7.05 Å². The summed E-state index contributed by atoms with van der Waals surface area (Å²) in [4.78, 5) is 1.03. The smallest absolute Gasteiger partial charge is 0.118 e. The summed E-state index contributed by atoms with van der Waals surface area (Å²) in [7, 11) is -1.62. The van der Waals surface area contributed by atoms with E-state index in [2.05, 4.69) is 4.74 Å². The SMILES string of the molecule is [2H]c1c([2H])c([C@@H](CN(C)C([2H])([2H])[2H])C2(O)CCCCC2)c([2H])c([2H])c1OC([2H])([2H])[2H]. The van der Waals surface area contributed by atoms with Crippen molar-refractivity contribution in [1.82, 2.24) is 4.90 Å². The van der Waals surface area contributed by atoms with Crippen LogP contribution < -0.4 is 4.74 Å². The van der Waals surface area contributed by atoms with E-state index < -0.39 is 55.5 Å². The molecule has 1 atom stereocenters. The second kappa shape index (κ2) is 6.59. The van der Waals surface area contributed by atoms with E-state index in [9.17, 15) is 5.11 Å². The number of nitrogens with zero attached hydrogens (tertiary/aromatic N) is 1. The van der Waals surface area contributed by atoms with Gasteiger partial charge in [-0.2, -0.15) is 0 Å². The molecular weight excluding hydrogens is 250 g/mol. The van der Waals surface area contributed by atoms with E-state index in [0.29, 0.717) is 25.7 Å². The lowest BCUT2D eigenvalue weighted by molar-refractivity contribution is -0.0277. The lowest BCUT2D eigenvalue weighted by Crippen LogP contribution is -2.42. The standard InChI is InChI=1S/C17H27NO2/c1-18(2)13-16(17(19)11-5-4-6-12-17)14-7-9-15(20-3)10-8-14/h7-10,16,19H,4-6,11-13H2,1-3H3/t16-/m1/s1/i1D3,3D3,7D,8D,9D,10D. The van der Waals surface area contributed by atoms with Gasteiger partial charge in [-0.1, -0.05) is 31.3 Å². The van der Waals surface area contributed by atoms with Crippen molar-refractivity contribution in [3.8, 4) is 5.75 Å². The van der Waals surface area contributed by atoms with Crippen LogP contribution in [0.3, 0.4) is 0 Å². The van der Waals surface area contributed by atoms with Crippen molar-refractivity contribution < 1.29 is 23.6 Å². The third-order valence-corrected chi connectivity index (χ3v) is 3.90. The van der Waals surface area contributed by atoms with E-state index >= 15 is 0 Å². The molecule has 1 saturated carbocycles. The van der Waals surface area contributed by atoms with Gasteiger partial charge in [-0.05, 0) is 44.5 Å². The molecule has 1 fully saturated rings. The first kappa shape index (κ1) is 6.80. The zero-order chi connectivity index (χ0) is 23.1. The van der Waals surface area contributed by atoms with E-state index in [1.54, 1.807) is 0 Å². The summed E-state index contributed by atoms with van der Waals surface area (Å²) in [6.07, 6.45) is 2.93. The number of benzene rings is 1. The highest BCUT2D eigenvalue weighted by atomic mass is 16.5. The molecule has 0 aromatic heterocycles. The van der Waals surface area contributed by atoms with Gasteiger partial charge in [0, 0.05) is 16.6 Å². The molecular formula is C17H27NO2. The van der Waals surface area contributed by atoms with Gasteiger partial charge >= 0.3 is 0 Å². The Labute approximate surface area is 136 Å². The highest BCUT2D eigenvalue weighted by Crippen LogP contribution is 2.40. The van der Waals surface area contributed by atoms with Crippen LogP contribution in [-0.2, 0) is 0 Å². The van der Waals surface area contributed by atoms with Crippen molar-refractivity contribution >= 4 is 0 Å². The molecule has 0 saturated heterocycles. The van der Waals surface area contributed by atoms with Crippen molar-refractivity contribution in [2.75, 3.05) is 27.6 Å². The molecule has 0 unspecified atom stereocenters. The Morgan fingerprint density at radius 3 is 2.65 bits per heavy atom. The minimum Gasteiger partial charge on any atom is -0.497 e. The molecule has 0 radical (unpaired) electrons. The summed E-state index contributed by atoms with van der Waals surface area (Å²) in [5, 5.41) is 11.4. The van der Waals surface area contributed by atoms with Gasteiger partial charge in [0.25, 0.3) is 0 Å². The van der Waals surface area contributed by atoms with Crippen LogP contribution in [0.1, 0.15) is 57.3 Å². The minimum absolute atomic E-state index is 0.136. The Balaban J connectivity index is 2.65. The Bertz CT molecular complexity index is 742. The Kier molecular flexibility index (Phi) is 2.24. The normalized spacial score (nSPS) is 28.4. The highest BCUT2D eigenvalue weighted by Gasteiger charge is 2.38. The van der Waals surface area contributed by atoms with Crippen LogP contribution in [0, 0.1) is 0 Å². The van der Waals surface area contributed by atoms with Crippen molar-refractivity contribution in [3.63, 3.8) is 0 Å². The summed E-state index contributed by atoms with van der Waals surface area (Å²) >= 11 is 0. The van der Waals surface area contributed by atoms with Gasteiger partial charge in [0.15, 0.2) is 0 Å². The second-order valence-electron chi connectivity index (χ2n) is 5.44. The van der Waals surface area contributed by atoms with Crippen molar-refractivity contribution in [2.45, 2.75) is 43.6 Å². The van der Waals surface area contributed by atoms with Crippen LogP contribution >= 0.6 is 0 Å². The first-order valence-electron chi connectivity index (χ1n) is 11.8. The summed E-state index contributed by atoms with van der Waals surface area (Å²) in [5.74, 6) is -1.72. The number of aliphatic hydroxyl groups is 1. The first-order valence-corrected chi connectivity index (χ1v) is 6.81. The number of hydrogen-bond donors (Lipinski definition) is 1. The van der Waals surface area contributed by atoms with Crippen LogP contribution in [0.2, 0.25) is 0 Å². The molecule has 1 N–H and O–H groups in total. The Morgan fingerprint density at radius 1 is 1.35 bits per heavy atom. The topological polar surface area (TPSA) is 32.7 Å². The molecule has 20 heavy (non-hydrogen) atoms. The fourth-order valence-electron chi connectivity index (χ4n) is 2.85. The molecule has 0 amide bonds. The summed E-state index contributed by atoms with van der Waals surface area (Å²) < 4.78 is 82.3. The van der Waals surface area contributed by atoms with Crippen LogP contribution in [0.5, 0.6) is 5.75 Å². The molecule has 1 aromatic carbocycles. The molecule has 0 heterocycles. The van der Waals surface area contributed by atoms with Gasteiger partial charge in [0.1, 0.15) is 5.75 Å². The van der Waals surface area contributed by atoms with Crippen LogP contribution in [0.4, 0.5) is 0 Å². The van der Waals surface area contributed by atoms with E-state index in [-0.39, 0.29) is 12.1 Å². The van der Waals surface area contributed by atoms with Gasteiger partial charge in [-0.25, -0.2) is 0 Å². The number of methoxy groups -OCH3 is 1. The molecule has 1 aliphatic rings. The van der Waals surface area contributed by atoms with Crippen molar-refractivity contribution in [2.24, 2.45) is 0 Å². The Hall–Kier alpha value is -1.06. The average molecular weight is 287 g/mol. The number of likely N-dealkylation sites (N-methyl/N-ethyl adjacent to an activating group) is 1. The maximum absolute atomic E-state index is 11.4. The van der Waals surface area contributed by atoms with E-state index in [4.69, 9.17) is 13.7 Å². The predicted molar refractivity (Wildman–Crippen MR) is 82.3 cm³/mol. The monoisotopic (exact) mass is 287 g/mol. The molecule has 1 aromatic rings. The number of rotatable bonds is 5. The second-order valence-corrected chi connectivity index (χ2v) is 5.44. The summed E-state index contributed by atoms with van der Waals surface area (Å²) in [6.45, 7) is -2.70. The fourth-order valence-corrected chi connectivity index (χ4v) is 2.85. The zero-order valence-corrected chi connectivity index (χ0v) is 11.6. The molecule has 2 rings (SSSR count). The third-order valence-electron chi connectivity index (χ3n) is 3.90. The largest absolute Gasteiger partial charge is 0.497 e. The highest BCUT2D eigenvalue weighted by molar-refractivity contribution is 5.31. The number of hydrogen-bond acceptors (Lipinski definition) is 3. The summed E-state index contributed by atoms with van der Waals surface area (Å²) in [5.41, 5.74) is -1.54. The van der Waals surface area contributed by atoms with Crippen LogP contribution in [0.15, 0.2) is 24.2 Å². The molecule has 112 valence electrons. The van der Waals surface area contributed by atoms with Gasteiger partial charge in [-0.3, -0.25) is 0 Å². The quantitative estimate of drug-likeness (QED) is 0.903. The maximum Gasteiger partial charge on any atom is 0.118 e. The van der Waals surface area contributed by atoms with Gasteiger partial charge in [0.2, 0.25) is 0 Å². The summed E-state index contributed by atoms with van der Waals surface area (Å²) in [6, 6.07) is -2.44. The van der Waals surface area contributed by atoms with Gasteiger partial charge in [0.05, 0.1) is 22.2 Å². The zero-order valence-electron chi connectivity index (χ0n) is 21.6. The number of ether oxygens (including phenoxy) is 1. The van der Waals surface area contributed by atoms with Gasteiger partial charge in [-0.15, -0.1) is 0 Å². The Morgan fingerprint density at radius 2 is 2.05 bits per heavy atom. The third kappa shape index (κ3) is 3.53. The van der Waals surface area contributed by atoms with Crippen molar-refractivity contribution in [3.05, 3.63) is 29.7 Å². The molecule has 1 aliphatic carbocycles. The van der Waals surface area contributed by atoms with Crippen LogP contribution in [0.25, 0.3) is 0 Å². The van der Waals surface area contributed by atoms with Crippen molar-refractivity contribution in [1.29, 1.82) is 0 Å². The first-order chi connectivity index (χ1) is 13.6. The average Bonchev–Trinajstić information content (AvgIpc) is 2.62. The molecule has 0 aliphatic heterocycles. The molecule has 3 heteroatoms. The predicted octanol–water partition coefficient (Wildman–Crippen LogP) is 3.04. The lowest BCUT2D eigenvalue weighted by Gasteiger charge is -2.40. The van der Waals surface area contributed by atoms with E-state index in [0.717, 1.165) is 11.3 Å². The lowest BCUT2D eigenvalue weighted by atomic mass is 9.72. The van der Waals surface area contributed by atoms with Crippen LogP contribution in [-0.4, -0.2) is 43.2 Å². The molecule has 0 bridgehead atoms.